The van der Waals surface area contributed by atoms with Crippen LogP contribution in [0.1, 0.15) is 31.2 Å². The fourth-order valence-electron chi connectivity index (χ4n) is 2.17. The predicted octanol–water partition coefficient (Wildman–Crippen LogP) is 2.46. The number of hydrogen-bond donors (Lipinski definition) is 2. The van der Waals surface area contributed by atoms with Gasteiger partial charge in [-0.05, 0) is 37.3 Å². The van der Waals surface area contributed by atoms with Gasteiger partial charge in [0.1, 0.15) is 6.04 Å². The van der Waals surface area contributed by atoms with Crippen LogP contribution >= 0.6 is 0 Å². The van der Waals surface area contributed by atoms with Crippen LogP contribution in [0.15, 0.2) is 30.3 Å². The average Bonchev–Trinajstić information content (AvgIpc) is 3.18. The molecular formula is C15H21NO2. The largest absolute Gasteiger partial charge is 0.480 e. The van der Waals surface area contributed by atoms with Crippen molar-refractivity contribution in [2.45, 2.75) is 38.1 Å². The molecule has 0 bridgehead atoms. The molecule has 2 N–H and O–H groups in total. The van der Waals surface area contributed by atoms with Crippen molar-refractivity contribution in [3.63, 3.8) is 0 Å². The van der Waals surface area contributed by atoms with E-state index in [1.165, 1.54) is 18.4 Å². The number of aryl methyl sites for hydroxylation is 1. The van der Waals surface area contributed by atoms with Crippen LogP contribution in [0.25, 0.3) is 0 Å². The van der Waals surface area contributed by atoms with Gasteiger partial charge >= 0.3 is 5.97 Å². The van der Waals surface area contributed by atoms with E-state index >= 15 is 0 Å². The lowest BCUT2D eigenvalue weighted by Crippen LogP contribution is -2.37. The Kier molecular flexibility index (Phi) is 4.76. The summed E-state index contributed by atoms with van der Waals surface area (Å²) in [5, 5.41) is 12.3. The summed E-state index contributed by atoms with van der Waals surface area (Å²) in [6, 6.07) is 9.95. The molecule has 1 aromatic carbocycles. The van der Waals surface area contributed by atoms with Gasteiger partial charge in [-0.1, -0.05) is 43.2 Å². The second-order valence-corrected chi connectivity index (χ2v) is 5.11. The van der Waals surface area contributed by atoms with E-state index in [2.05, 4.69) is 17.4 Å². The Labute approximate surface area is 108 Å². The fourth-order valence-corrected chi connectivity index (χ4v) is 2.17. The summed E-state index contributed by atoms with van der Waals surface area (Å²) >= 11 is 0. The first-order valence-corrected chi connectivity index (χ1v) is 6.76. The van der Waals surface area contributed by atoms with E-state index in [0.29, 0.717) is 5.92 Å². The summed E-state index contributed by atoms with van der Waals surface area (Å²) in [5.41, 5.74) is 1.31. The fraction of sp³-hybridized carbons (Fsp3) is 0.533. The van der Waals surface area contributed by atoms with Gasteiger partial charge in [-0.2, -0.15) is 0 Å². The molecule has 1 atom stereocenters. The van der Waals surface area contributed by atoms with E-state index in [4.69, 9.17) is 5.11 Å². The zero-order valence-electron chi connectivity index (χ0n) is 10.6. The maximum absolute atomic E-state index is 11.1. The van der Waals surface area contributed by atoms with E-state index in [1.807, 2.05) is 18.2 Å². The lowest BCUT2D eigenvalue weighted by molar-refractivity contribution is -0.139. The number of rotatable bonds is 8. The Morgan fingerprint density at radius 1 is 1.33 bits per heavy atom. The summed E-state index contributed by atoms with van der Waals surface area (Å²) in [6.07, 6.45) is 5.19. The van der Waals surface area contributed by atoms with Crippen molar-refractivity contribution in [1.82, 2.24) is 5.32 Å². The maximum Gasteiger partial charge on any atom is 0.320 e. The molecule has 0 aromatic heterocycles. The van der Waals surface area contributed by atoms with Crippen molar-refractivity contribution in [3.05, 3.63) is 35.9 Å². The molecule has 1 saturated carbocycles. The summed E-state index contributed by atoms with van der Waals surface area (Å²) in [5.74, 6) is -0.0608. The van der Waals surface area contributed by atoms with Crippen LogP contribution < -0.4 is 5.32 Å². The molecular weight excluding hydrogens is 226 g/mol. The van der Waals surface area contributed by atoms with Crippen molar-refractivity contribution in [3.8, 4) is 0 Å². The minimum Gasteiger partial charge on any atom is -0.480 e. The number of hydrogen-bond acceptors (Lipinski definition) is 2. The van der Waals surface area contributed by atoms with Gasteiger partial charge in [-0.3, -0.25) is 4.79 Å². The molecule has 0 spiro atoms. The highest BCUT2D eigenvalue weighted by molar-refractivity contribution is 5.73. The average molecular weight is 247 g/mol. The minimum absolute atomic E-state index is 0.353. The highest BCUT2D eigenvalue weighted by Crippen LogP contribution is 2.33. The standard InChI is InChI=1S/C15H21NO2/c17-15(18)14(11-13-8-9-13)16-10-4-7-12-5-2-1-3-6-12/h1-3,5-6,13-14,16H,4,7-11H2,(H,17,18)/t14-/m0/s1. The number of carbonyl (C=O) groups is 1. The molecule has 0 aliphatic heterocycles. The molecule has 1 aliphatic rings. The third kappa shape index (κ3) is 4.49. The topological polar surface area (TPSA) is 49.3 Å². The van der Waals surface area contributed by atoms with Gasteiger partial charge in [0.2, 0.25) is 0 Å². The van der Waals surface area contributed by atoms with Crippen molar-refractivity contribution >= 4 is 5.97 Å². The molecule has 1 aromatic rings. The quantitative estimate of drug-likeness (QED) is 0.694. The van der Waals surface area contributed by atoms with Crippen molar-refractivity contribution < 1.29 is 9.90 Å². The smallest absolute Gasteiger partial charge is 0.320 e. The SMILES string of the molecule is O=C(O)[C@H](CC1CC1)NCCCc1ccccc1. The molecule has 3 nitrogen and oxygen atoms in total. The van der Waals surface area contributed by atoms with Crippen LogP contribution in [0.3, 0.4) is 0 Å². The number of aliphatic carboxylic acids is 1. The second kappa shape index (κ2) is 6.55. The van der Waals surface area contributed by atoms with Crippen molar-refractivity contribution in [1.29, 1.82) is 0 Å². The highest BCUT2D eigenvalue weighted by Gasteiger charge is 2.28. The Morgan fingerprint density at radius 2 is 2.06 bits per heavy atom. The summed E-state index contributed by atoms with van der Waals surface area (Å²) in [7, 11) is 0. The zero-order chi connectivity index (χ0) is 12.8. The van der Waals surface area contributed by atoms with E-state index in [9.17, 15) is 4.79 Å². The molecule has 0 heterocycles. The highest BCUT2D eigenvalue weighted by atomic mass is 16.4. The molecule has 18 heavy (non-hydrogen) atoms. The Hall–Kier alpha value is -1.35. The molecule has 1 aliphatic carbocycles. The number of benzene rings is 1. The van der Waals surface area contributed by atoms with Gasteiger partial charge in [-0.25, -0.2) is 0 Å². The van der Waals surface area contributed by atoms with Crippen LogP contribution in [0.5, 0.6) is 0 Å². The Bertz CT molecular complexity index is 373. The van der Waals surface area contributed by atoms with Gasteiger partial charge < -0.3 is 10.4 Å². The van der Waals surface area contributed by atoms with Crippen LogP contribution in [-0.4, -0.2) is 23.7 Å². The summed E-state index contributed by atoms with van der Waals surface area (Å²) < 4.78 is 0. The first-order chi connectivity index (χ1) is 8.75. The van der Waals surface area contributed by atoms with Crippen LogP contribution in [0.2, 0.25) is 0 Å². The second-order valence-electron chi connectivity index (χ2n) is 5.11. The first-order valence-electron chi connectivity index (χ1n) is 6.76. The Morgan fingerprint density at radius 3 is 2.67 bits per heavy atom. The molecule has 0 unspecified atom stereocenters. The zero-order valence-corrected chi connectivity index (χ0v) is 10.6. The minimum atomic E-state index is -0.707. The maximum atomic E-state index is 11.1. The monoisotopic (exact) mass is 247 g/mol. The normalized spacial score (nSPS) is 16.4. The van der Waals surface area contributed by atoms with Crippen LogP contribution in [0, 0.1) is 5.92 Å². The van der Waals surface area contributed by atoms with Gasteiger partial charge in [0.25, 0.3) is 0 Å². The van der Waals surface area contributed by atoms with Gasteiger partial charge in [0, 0.05) is 0 Å². The van der Waals surface area contributed by atoms with Crippen LogP contribution in [0.4, 0.5) is 0 Å². The van der Waals surface area contributed by atoms with Crippen LogP contribution in [-0.2, 0) is 11.2 Å². The number of carboxylic acids is 1. The lowest BCUT2D eigenvalue weighted by Gasteiger charge is -2.13. The molecule has 0 saturated heterocycles. The lowest BCUT2D eigenvalue weighted by atomic mass is 10.1. The Balaban J connectivity index is 1.65. The van der Waals surface area contributed by atoms with Gasteiger partial charge in [-0.15, -0.1) is 0 Å². The predicted molar refractivity (Wildman–Crippen MR) is 71.5 cm³/mol. The van der Waals surface area contributed by atoms with Gasteiger partial charge in [0.15, 0.2) is 0 Å². The molecule has 2 rings (SSSR count). The third-order valence-electron chi connectivity index (χ3n) is 3.44. The third-order valence-corrected chi connectivity index (χ3v) is 3.44. The van der Waals surface area contributed by atoms with E-state index in [-0.39, 0.29) is 6.04 Å². The molecule has 1 fully saturated rings. The van der Waals surface area contributed by atoms with Crippen molar-refractivity contribution in [2.24, 2.45) is 5.92 Å². The summed E-state index contributed by atoms with van der Waals surface area (Å²) in [4.78, 5) is 11.1. The molecule has 3 heteroatoms. The molecule has 0 radical (unpaired) electrons. The first kappa shape index (κ1) is 13.1. The summed E-state index contributed by atoms with van der Waals surface area (Å²) in [6.45, 7) is 0.776. The number of carboxylic acid groups (broad SMARTS) is 1. The van der Waals surface area contributed by atoms with E-state index < -0.39 is 5.97 Å². The molecule has 0 amide bonds. The van der Waals surface area contributed by atoms with E-state index in [1.54, 1.807) is 0 Å². The van der Waals surface area contributed by atoms with Gasteiger partial charge in [0.05, 0.1) is 0 Å². The molecule has 98 valence electrons. The number of nitrogens with one attached hydrogen (secondary N) is 1. The van der Waals surface area contributed by atoms with E-state index in [0.717, 1.165) is 25.8 Å². The van der Waals surface area contributed by atoms with Crippen molar-refractivity contribution in [2.75, 3.05) is 6.54 Å².